The molecule has 0 spiro atoms. The minimum atomic E-state index is -0.365. The number of halogens is 1. The van der Waals surface area contributed by atoms with Crippen LogP contribution in [0.1, 0.15) is 34.6 Å². The van der Waals surface area contributed by atoms with Crippen molar-refractivity contribution in [2.75, 3.05) is 12.4 Å². The van der Waals surface area contributed by atoms with Crippen LogP contribution in [0.25, 0.3) is 11.0 Å². The molecule has 1 aromatic heterocycles. The fourth-order valence-corrected chi connectivity index (χ4v) is 3.90. The summed E-state index contributed by atoms with van der Waals surface area (Å²) in [5.74, 6) is -0.116. The van der Waals surface area contributed by atoms with Crippen LogP contribution in [0, 0.1) is 0 Å². The van der Waals surface area contributed by atoms with E-state index in [1.165, 1.54) is 11.8 Å². The molecule has 0 amide bonds. The molecule has 27 heavy (non-hydrogen) atoms. The number of imidazole rings is 1. The first-order valence-electron chi connectivity index (χ1n) is 8.62. The van der Waals surface area contributed by atoms with E-state index in [9.17, 15) is 9.59 Å². The van der Waals surface area contributed by atoms with Crippen molar-refractivity contribution in [3.8, 4) is 0 Å². The maximum absolute atomic E-state index is 12.4. The number of hydrogen-bond acceptors (Lipinski definition) is 5. The average Bonchev–Trinajstić information content (AvgIpc) is 3.02. The number of nitrogens with zero attached hydrogens (tertiary/aromatic N) is 2. The molecule has 0 radical (unpaired) electrons. The van der Waals surface area contributed by atoms with Crippen LogP contribution in [0.3, 0.4) is 0 Å². The second-order valence-corrected chi connectivity index (χ2v) is 7.16. The van der Waals surface area contributed by atoms with Gasteiger partial charge in [-0.05, 0) is 44.2 Å². The number of rotatable bonds is 7. The molecule has 3 rings (SSSR count). The van der Waals surface area contributed by atoms with Crippen molar-refractivity contribution in [2.24, 2.45) is 0 Å². The Labute approximate surface area is 166 Å². The smallest absolute Gasteiger partial charge is 0.338 e. The molecule has 0 unspecified atom stereocenters. The maximum Gasteiger partial charge on any atom is 0.338 e. The van der Waals surface area contributed by atoms with Crippen LogP contribution in [-0.4, -0.2) is 33.7 Å². The lowest BCUT2D eigenvalue weighted by Gasteiger charge is -2.06. The summed E-state index contributed by atoms with van der Waals surface area (Å²) < 4.78 is 7.07. The number of aromatic nitrogens is 2. The molecule has 0 saturated carbocycles. The number of esters is 1. The van der Waals surface area contributed by atoms with E-state index in [0.29, 0.717) is 34.8 Å². The Balaban J connectivity index is 1.83. The van der Waals surface area contributed by atoms with Crippen molar-refractivity contribution < 1.29 is 14.3 Å². The molecule has 0 bridgehead atoms. The number of carbonyl (C=O) groups excluding carboxylic acids is 2. The van der Waals surface area contributed by atoms with Gasteiger partial charge in [-0.25, -0.2) is 9.78 Å². The third-order valence-electron chi connectivity index (χ3n) is 4.02. The van der Waals surface area contributed by atoms with Crippen molar-refractivity contribution in [2.45, 2.75) is 25.5 Å². The number of Topliss-reactive ketones (excluding diaryl/α,β-unsaturated/α-hetero) is 1. The zero-order valence-electron chi connectivity index (χ0n) is 15.1. The number of ketones is 1. The van der Waals surface area contributed by atoms with Crippen LogP contribution in [0.4, 0.5) is 0 Å². The molecule has 1 heterocycles. The number of thioether (sulfide) groups is 1. The van der Waals surface area contributed by atoms with Gasteiger partial charge in [-0.2, -0.15) is 0 Å². The average molecular weight is 403 g/mol. The molecule has 0 fully saturated rings. The van der Waals surface area contributed by atoms with E-state index in [2.05, 4.69) is 4.98 Å². The Bertz CT molecular complexity index is 1000. The number of ether oxygens (including phenoxy) is 1. The summed E-state index contributed by atoms with van der Waals surface area (Å²) in [5, 5.41) is 1.28. The van der Waals surface area contributed by atoms with Gasteiger partial charge in [0.05, 0.1) is 29.0 Å². The highest BCUT2D eigenvalue weighted by Crippen LogP contribution is 2.26. The fraction of sp³-hybridized carbons (Fsp3) is 0.250. The molecule has 140 valence electrons. The summed E-state index contributed by atoms with van der Waals surface area (Å²) in [4.78, 5) is 29.0. The number of fused-ring (bicyclic) bond motifs is 1. The highest BCUT2D eigenvalue weighted by molar-refractivity contribution is 7.99. The second kappa shape index (κ2) is 8.59. The predicted molar refractivity (Wildman–Crippen MR) is 108 cm³/mol. The lowest BCUT2D eigenvalue weighted by molar-refractivity contribution is 0.0526. The normalized spacial score (nSPS) is 10.9. The monoisotopic (exact) mass is 402 g/mol. The lowest BCUT2D eigenvalue weighted by atomic mass is 10.1. The number of hydrogen-bond donors (Lipinski definition) is 0. The van der Waals surface area contributed by atoms with Crippen molar-refractivity contribution in [1.29, 1.82) is 0 Å². The van der Waals surface area contributed by atoms with Gasteiger partial charge in [-0.15, -0.1) is 0 Å². The van der Waals surface area contributed by atoms with Gasteiger partial charge in [0.15, 0.2) is 10.9 Å². The summed E-state index contributed by atoms with van der Waals surface area (Å²) in [6.45, 7) is 4.83. The second-order valence-electron chi connectivity index (χ2n) is 5.78. The van der Waals surface area contributed by atoms with Gasteiger partial charge < -0.3 is 9.30 Å². The molecular formula is C20H19ClN2O3S. The van der Waals surface area contributed by atoms with Gasteiger partial charge in [0.2, 0.25) is 0 Å². The maximum atomic E-state index is 12.4. The van der Waals surface area contributed by atoms with Gasteiger partial charge in [0.1, 0.15) is 0 Å². The number of aryl methyl sites for hydroxylation is 1. The third kappa shape index (κ3) is 4.34. The molecule has 0 aliphatic carbocycles. The van der Waals surface area contributed by atoms with E-state index >= 15 is 0 Å². The fourth-order valence-electron chi connectivity index (χ4n) is 2.74. The minimum absolute atomic E-state index is 0.00979. The Morgan fingerprint density at radius 3 is 2.67 bits per heavy atom. The zero-order chi connectivity index (χ0) is 19.4. The van der Waals surface area contributed by atoms with Crippen molar-refractivity contribution >= 4 is 46.1 Å². The van der Waals surface area contributed by atoms with Crippen molar-refractivity contribution in [3.63, 3.8) is 0 Å². The van der Waals surface area contributed by atoms with Crippen molar-refractivity contribution in [1.82, 2.24) is 9.55 Å². The van der Waals surface area contributed by atoms with Gasteiger partial charge in [0, 0.05) is 17.1 Å². The summed E-state index contributed by atoms with van der Waals surface area (Å²) in [6.07, 6.45) is 0. The molecule has 0 aliphatic rings. The van der Waals surface area contributed by atoms with Gasteiger partial charge in [-0.3, -0.25) is 4.79 Å². The first kappa shape index (κ1) is 19.5. The minimum Gasteiger partial charge on any atom is -0.462 e. The lowest BCUT2D eigenvalue weighted by Crippen LogP contribution is -2.05. The SMILES string of the molecule is CCOC(=O)c1ccc2c(c1)nc(SCC(=O)c1cccc(Cl)c1)n2CC. The van der Waals surface area contributed by atoms with E-state index in [-0.39, 0.29) is 17.5 Å². The summed E-state index contributed by atoms with van der Waals surface area (Å²) >= 11 is 7.33. The van der Waals surface area contributed by atoms with Crippen LogP contribution in [-0.2, 0) is 11.3 Å². The van der Waals surface area contributed by atoms with Gasteiger partial charge in [-0.1, -0.05) is 35.5 Å². The molecule has 0 N–H and O–H groups in total. The Morgan fingerprint density at radius 1 is 1.15 bits per heavy atom. The first-order valence-corrected chi connectivity index (χ1v) is 9.98. The van der Waals surface area contributed by atoms with E-state index in [1.54, 1.807) is 43.3 Å². The first-order chi connectivity index (χ1) is 13.0. The summed E-state index contributed by atoms with van der Waals surface area (Å²) in [5.41, 5.74) is 2.68. The Morgan fingerprint density at radius 2 is 1.96 bits per heavy atom. The van der Waals surface area contributed by atoms with Crippen LogP contribution in [0.15, 0.2) is 47.6 Å². The standard InChI is InChI=1S/C20H19ClN2O3S/c1-3-23-17-9-8-14(19(25)26-4-2)11-16(17)22-20(23)27-12-18(24)13-6-5-7-15(21)10-13/h5-11H,3-4,12H2,1-2H3. The molecule has 0 aliphatic heterocycles. The van der Waals surface area contributed by atoms with Gasteiger partial charge >= 0.3 is 5.97 Å². The Kier molecular flexibility index (Phi) is 6.19. The molecule has 7 heteroatoms. The molecule has 0 saturated heterocycles. The summed E-state index contributed by atoms with van der Waals surface area (Å²) in [6, 6.07) is 12.2. The van der Waals surface area contributed by atoms with Gasteiger partial charge in [0.25, 0.3) is 0 Å². The van der Waals surface area contributed by atoms with E-state index < -0.39 is 0 Å². The summed E-state index contributed by atoms with van der Waals surface area (Å²) in [7, 11) is 0. The molecular weight excluding hydrogens is 384 g/mol. The van der Waals surface area contributed by atoms with Crippen LogP contribution in [0.2, 0.25) is 5.02 Å². The van der Waals surface area contributed by atoms with Crippen LogP contribution < -0.4 is 0 Å². The van der Waals surface area contributed by atoms with E-state index in [0.717, 1.165) is 10.7 Å². The highest BCUT2D eigenvalue weighted by Gasteiger charge is 2.15. The Hall–Kier alpha value is -2.31. The van der Waals surface area contributed by atoms with E-state index in [1.807, 2.05) is 17.6 Å². The van der Waals surface area contributed by atoms with Crippen LogP contribution >= 0.6 is 23.4 Å². The van der Waals surface area contributed by atoms with Crippen LogP contribution in [0.5, 0.6) is 0 Å². The molecule has 3 aromatic rings. The topological polar surface area (TPSA) is 61.2 Å². The number of carbonyl (C=O) groups is 2. The number of benzene rings is 2. The predicted octanol–water partition coefficient (Wildman–Crippen LogP) is 4.86. The molecule has 5 nitrogen and oxygen atoms in total. The molecule has 0 atom stereocenters. The zero-order valence-corrected chi connectivity index (χ0v) is 16.6. The highest BCUT2D eigenvalue weighted by atomic mass is 35.5. The third-order valence-corrected chi connectivity index (χ3v) is 5.23. The van der Waals surface area contributed by atoms with Crippen molar-refractivity contribution in [3.05, 3.63) is 58.6 Å². The largest absolute Gasteiger partial charge is 0.462 e. The van der Waals surface area contributed by atoms with E-state index in [4.69, 9.17) is 16.3 Å². The quantitative estimate of drug-likeness (QED) is 0.321. The molecule has 2 aromatic carbocycles.